The number of unbranched alkanes of at least 4 members (excludes halogenated alkanes) is 1. The number of benzene rings is 1. The monoisotopic (exact) mass is 433 g/mol. The summed E-state index contributed by atoms with van der Waals surface area (Å²) in [6.07, 6.45) is 1.77. The Hall–Kier alpha value is -2.54. The van der Waals surface area contributed by atoms with Crippen LogP contribution in [0.1, 0.15) is 53.2 Å². The van der Waals surface area contributed by atoms with Crippen molar-refractivity contribution in [3.05, 3.63) is 41.0 Å². The van der Waals surface area contributed by atoms with Crippen molar-refractivity contribution < 1.29 is 9.59 Å². The Bertz CT molecular complexity index is 855. The van der Waals surface area contributed by atoms with Gasteiger partial charge in [0.2, 0.25) is 5.91 Å². The molecule has 2 rings (SSSR count). The summed E-state index contributed by atoms with van der Waals surface area (Å²) in [7, 11) is 0. The van der Waals surface area contributed by atoms with E-state index >= 15 is 0 Å². The molecule has 0 aliphatic carbocycles. The maximum absolute atomic E-state index is 12.8. The average molecular weight is 434 g/mol. The van der Waals surface area contributed by atoms with Gasteiger partial charge in [0.15, 0.2) is 0 Å². The molecule has 3 amide bonds. The standard InChI is InChI=1S/C22H32ClN5O2/c1-6-8-13-27(21(30)24-7-2)15-20(29)25-19-14-18(22(3,4)5)26-28(19)17-11-9-16(23)10-12-17/h9-12,14H,6-8,13,15H2,1-5H3,(H,24,30)(H,25,29). The fourth-order valence-electron chi connectivity index (χ4n) is 2.84. The molecule has 0 spiro atoms. The molecule has 0 aliphatic rings. The van der Waals surface area contributed by atoms with Crippen LogP contribution in [0.2, 0.25) is 5.02 Å². The van der Waals surface area contributed by atoms with Crippen LogP contribution in [0.4, 0.5) is 10.6 Å². The van der Waals surface area contributed by atoms with E-state index in [1.807, 2.05) is 25.1 Å². The zero-order chi connectivity index (χ0) is 22.3. The number of carbonyl (C=O) groups is 2. The number of halogens is 1. The molecule has 2 N–H and O–H groups in total. The van der Waals surface area contributed by atoms with E-state index in [4.69, 9.17) is 16.7 Å². The van der Waals surface area contributed by atoms with E-state index in [0.29, 0.717) is 23.9 Å². The van der Waals surface area contributed by atoms with E-state index in [2.05, 4.69) is 38.3 Å². The van der Waals surface area contributed by atoms with Crippen molar-refractivity contribution in [2.75, 3.05) is 25.0 Å². The van der Waals surface area contributed by atoms with Crippen LogP contribution < -0.4 is 10.6 Å². The fourth-order valence-corrected chi connectivity index (χ4v) is 2.96. The Balaban J connectivity index is 2.26. The Morgan fingerprint density at radius 3 is 2.40 bits per heavy atom. The molecule has 0 saturated heterocycles. The molecule has 0 radical (unpaired) electrons. The molecule has 0 fully saturated rings. The number of urea groups is 1. The van der Waals surface area contributed by atoms with E-state index in [9.17, 15) is 9.59 Å². The highest BCUT2D eigenvalue weighted by Gasteiger charge is 2.23. The SMILES string of the molecule is CCCCN(CC(=O)Nc1cc(C(C)(C)C)nn1-c1ccc(Cl)cc1)C(=O)NCC. The van der Waals surface area contributed by atoms with Crippen LogP contribution >= 0.6 is 11.6 Å². The lowest BCUT2D eigenvalue weighted by molar-refractivity contribution is -0.116. The summed E-state index contributed by atoms with van der Waals surface area (Å²) in [6, 6.07) is 8.89. The summed E-state index contributed by atoms with van der Waals surface area (Å²) in [4.78, 5) is 26.6. The van der Waals surface area contributed by atoms with Gasteiger partial charge < -0.3 is 15.5 Å². The highest BCUT2D eigenvalue weighted by Crippen LogP contribution is 2.26. The molecule has 30 heavy (non-hydrogen) atoms. The minimum atomic E-state index is -0.270. The van der Waals surface area contributed by atoms with Crippen LogP contribution in [0.5, 0.6) is 0 Å². The largest absolute Gasteiger partial charge is 0.338 e. The van der Waals surface area contributed by atoms with Gasteiger partial charge in [-0.15, -0.1) is 0 Å². The van der Waals surface area contributed by atoms with Crippen molar-refractivity contribution in [2.45, 2.75) is 52.9 Å². The number of amides is 3. The van der Waals surface area contributed by atoms with Gasteiger partial charge in [0.25, 0.3) is 0 Å². The second-order valence-electron chi connectivity index (χ2n) is 8.21. The number of nitrogens with one attached hydrogen (secondary N) is 2. The van der Waals surface area contributed by atoms with E-state index in [1.54, 1.807) is 16.8 Å². The van der Waals surface area contributed by atoms with E-state index in [0.717, 1.165) is 24.2 Å². The zero-order valence-electron chi connectivity index (χ0n) is 18.5. The third kappa shape index (κ3) is 6.49. The van der Waals surface area contributed by atoms with Crippen molar-refractivity contribution in [3.63, 3.8) is 0 Å². The summed E-state index contributed by atoms with van der Waals surface area (Å²) in [5, 5.41) is 11.0. The maximum Gasteiger partial charge on any atom is 0.317 e. The second-order valence-corrected chi connectivity index (χ2v) is 8.65. The summed E-state index contributed by atoms with van der Waals surface area (Å²) >= 11 is 6.01. The predicted octanol–water partition coefficient (Wildman–Crippen LogP) is 4.59. The van der Waals surface area contributed by atoms with Crippen LogP contribution in [0.15, 0.2) is 30.3 Å². The molecule has 1 aromatic carbocycles. The van der Waals surface area contributed by atoms with E-state index < -0.39 is 0 Å². The summed E-state index contributed by atoms with van der Waals surface area (Å²) in [5.74, 6) is 0.284. The van der Waals surface area contributed by atoms with Crippen molar-refractivity contribution >= 4 is 29.4 Å². The molecule has 2 aromatic rings. The third-order valence-electron chi connectivity index (χ3n) is 4.55. The van der Waals surface area contributed by atoms with Gasteiger partial charge in [0, 0.05) is 29.6 Å². The van der Waals surface area contributed by atoms with Crippen molar-refractivity contribution in [2.24, 2.45) is 0 Å². The minimum Gasteiger partial charge on any atom is -0.338 e. The van der Waals surface area contributed by atoms with Gasteiger partial charge in [-0.05, 0) is 37.6 Å². The molecule has 0 saturated carbocycles. The Kier molecular flexibility index (Phi) is 8.29. The molecular formula is C22H32ClN5O2. The first-order valence-corrected chi connectivity index (χ1v) is 10.7. The first-order valence-electron chi connectivity index (χ1n) is 10.3. The predicted molar refractivity (Wildman–Crippen MR) is 121 cm³/mol. The normalized spacial score (nSPS) is 11.3. The number of aromatic nitrogens is 2. The number of nitrogens with zero attached hydrogens (tertiary/aromatic N) is 3. The van der Waals surface area contributed by atoms with Crippen LogP contribution in [0, 0.1) is 0 Å². The molecule has 7 nitrogen and oxygen atoms in total. The van der Waals surface area contributed by atoms with Gasteiger partial charge in [0.1, 0.15) is 12.4 Å². The molecule has 0 atom stereocenters. The van der Waals surface area contributed by atoms with Crippen LogP contribution in [0.25, 0.3) is 5.69 Å². The molecule has 1 aromatic heterocycles. The number of hydrogen-bond acceptors (Lipinski definition) is 3. The van der Waals surface area contributed by atoms with Crippen LogP contribution in [-0.4, -0.2) is 46.3 Å². The highest BCUT2D eigenvalue weighted by molar-refractivity contribution is 6.30. The first kappa shape index (κ1) is 23.7. The number of carbonyl (C=O) groups excluding carboxylic acids is 2. The zero-order valence-corrected chi connectivity index (χ0v) is 19.2. The fraction of sp³-hybridized carbons (Fsp3) is 0.500. The lowest BCUT2D eigenvalue weighted by Crippen LogP contribution is -2.44. The molecule has 164 valence electrons. The Morgan fingerprint density at radius 1 is 1.17 bits per heavy atom. The molecule has 8 heteroatoms. The van der Waals surface area contributed by atoms with E-state index in [-0.39, 0.29) is 23.9 Å². The topological polar surface area (TPSA) is 79.3 Å². The average Bonchev–Trinajstić information content (AvgIpc) is 3.10. The van der Waals surface area contributed by atoms with Crippen LogP contribution in [-0.2, 0) is 10.2 Å². The van der Waals surface area contributed by atoms with Gasteiger partial charge in [-0.1, -0.05) is 45.7 Å². The quantitative estimate of drug-likeness (QED) is 0.638. The van der Waals surface area contributed by atoms with Crippen molar-refractivity contribution in [1.82, 2.24) is 20.0 Å². The maximum atomic E-state index is 12.8. The lowest BCUT2D eigenvalue weighted by atomic mass is 9.92. The number of anilines is 1. The summed E-state index contributed by atoms with van der Waals surface area (Å²) in [6.45, 7) is 11.1. The van der Waals surface area contributed by atoms with Crippen molar-refractivity contribution in [3.8, 4) is 5.69 Å². The van der Waals surface area contributed by atoms with Crippen LogP contribution in [0.3, 0.4) is 0 Å². The highest BCUT2D eigenvalue weighted by atomic mass is 35.5. The molecule has 0 aliphatic heterocycles. The Labute approximate surface area is 183 Å². The van der Waals surface area contributed by atoms with E-state index in [1.165, 1.54) is 4.90 Å². The number of hydrogen-bond donors (Lipinski definition) is 2. The second kappa shape index (κ2) is 10.5. The smallest absolute Gasteiger partial charge is 0.317 e. The van der Waals surface area contributed by atoms with Gasteiger partial charge in [0.05, 0.1) is 11.4 Å². The van der Waals surface area contributed by atoms with Gasteiger partial charge in [-0.25, -0.2) is 9.48 Å². The lowest BCUT2D eigenvalue weighted by Gasteiger charge is -2.22. The molecule has 0 bridgehead atoms. The molecule has 1 heterocycles. The molecular weight excluding hydrogens is 402 g/mol. The van der Waals surface area contributed by atoms with Gasteiger partial charge in [-0.3, -0.25) is 4.79 Å². The first-order chi connectivity index (χ1) is 14.2. The summed E-state index contributed by atoms with van der Waals surface area (Å²) < 4.78 is 1.69. The van der Waals surface area contributed by atoms with Gasteiger partial charge in [-0.2, -0.15) is 5.10 Å². The molecule has 0 unspecified atom stereocenters. The minimum absolute atomic E-state index is 0.0253. The van der Waals surface area contributed by atoms with Gasteiger partial charge >= 0.3 is 6.03 Å². The number of rotatable bonds is 8. The third-order valence-corrected chi connectivity index (χ3v) is 4.80. The summed E-state index contributed by atoms with van der Waals surface area (Å²) in [5.41, 5.74) is 1.45. The Morgan fingerprint density at radius 2 is 1.83 bits per heavy atom. The van der Waals surface area contributed by atoms with Crippen molar-refractivity contribution in [1.29, 1.82) is 0 Å².